The molecule has 2 aromatic heterocycles. The van der Waals surface area contributed by atoms with Crippen LogP contribution in [-0.2, 0) is 25.4 Å². The fourth-order valence-electron chi connectivity index (χ4n) is 6.72. The van der Waals surface area contributed by atoms with Gasteiger partial charge in [0.15, 0.2) is 5.79 Å². The Morgan fingerprint density at radius 3 is 2.19 bits per heavy atom. The molecular weight excluding hydrogens is 610 g/mol. The Morgan fingerprint density at radius 1 is 0.896 bits per heavy atom. The average molecular weight is 664 g/mol. The monoisotopic (exact) mass is 663 g/mol. The summed E-state index contributed by atoms with van der Waals surface area (Å²) in [7, 11) is 0. The zero-order valence-electron chi connectivity index (χ0n) is 30.1. The van der Waals surface area contributed by atoms with Gasteiger partial charge in [-0.25, -0.2) is 19.6 Å². The summed E-state index contributed by atoms with van der Waals surface area (Å²) in [5.41, 5.74) is 1.65. The van der Waals surface area contributed by atoms with E-state index in [-0.39, 0.29) is 36.4 Å². The molecule has 11 heteroatoms. The Hall–Kier alpha value is -3.70. The highest BCUT2D eigenvalue weighted by Gasteiger charge is 2.55. The van der Waals surface area contributed by atoms with Gasteiger partial charge in [-0.15, -0.1) is 0 Å². The number of rotatable bonds is 10. The first kappa shape index (κ1) is 35.6. The molecule has 4 atom stereocenters. The minimum Gasteiger partial charge on any atom is -0.444 e. The fraction of sp³-hybridized carbons (Fsp3) is 0.622. The van der Waals surface area contributed by atoms with Crippen LogP contribution in [-0.4, -0.2) is 91.9 Å². The second-order valence-electron chi connectivity index (χ2n) is 15.5. The summed E-state index contributed by atoms with van der Waals surface area (Å²) < 4.78 is 26.8. The van der Waals surface area contributed by atoms with Crippen molar-refractivity contribution in [2.75, 3.05) is 26.2 Å². The maximum absolute atomic E-state index is 13.7. The molecule has 2 amide bonds. The number of aryl methyl sites for hydroxylation is 1. The van der Waals surface area contributed by atoms with Crippen molar-refractivity contribution in [3.05, 3.63) is 60.2 Å². The van der Waals surface area contributed by atoms with Gasteiger partial charge in [0.05, 0.1) is 17.8 Å². The predicted octanol–water partition coefficient (Wildman–Crippen LogP) is 6.93. The second-order valence-corrected chi connectivity index (χ2v) is 15.5. The number of hydrogen-bond acceptors (Lipinski definition) is 8. The maximum Gasteiger partial charge on any atom is 0.410 e. The topological polar surface area (TPSA) is 108 Å². The van der Waals surface area contributed by atoms with Crippen molar-refractivity contribution >= 4 is 23.2 Å². The average Bonchev–Trinajstić information content (AvgIpc) is 3.64. The molecule has 1 aromatic carbocycles. The van der Waals surface area contributed by atoms with Gasteiger partial charge in [-0.2, -0.15) is 0 Å². The van der Waals surface area contributed by atoms with Crippen molar-refractivity contribution in [3.8, 4) is 0 Å². The highest BCUT2D eigenvalue weighted by Crippen LogP contribution is 2.48. The van der Waals surface area contributed by atoms with Gasteiger partial charge in [0.1, 0.15) is 29.3 Å². The summed E-state index contributed by atoms with van der Waals surface area (Å²) in [5.74, 6) is -0.779. The van der Waals surface area contributed by atoms with Crippen LogP contribution >= 0.6 is 0 Å². The third-order valence-electron chi connectivity index (χ3n) is 8.75. The van der Waals surface area contributed by atoms with Crippen molar-refractivity contribution in [3.63, 3.8) is 0 Å². The third-order valence-corrected chi connectivity index (χ3v) is 8.75. The molecule has 3 heterocycles. The molecule has 11 nitrogen and oxygen atoms in total. The summed E-state index contributed by atoms with van der Waals surface area (Å²) in [6.07, 6.45) is 4.46. The molecule has 1 aliphatic heterocycles. The predicted molar refractivity (Wildman–Crippen MR) is 184 cm³/mol. The molecule has 0 bridgehead atoms. The van der Waals surface area contributed by atoms with E-state index >= 15 is 0 Å². The number of fused-ring (bicyclic) bond motifs is 2. The van der Waals surface area contributed by atoms with Crippen LogP contribution in [0.1, 0.15) is 85.5 Å². The number of ether oxygens (including phenoxy) is 4. The zero-order valence-corrected chi connectivity index (χ0v) is 30.1. The van der Waals surface area contributed by atoms with E-state index in [1.54, 1.807) is 16.1 Å². The normalized spacial score (nSPS) is 22.0. The lowest BCUT2D eigenvalue weighted by molar-refractivity contribution is -0.160. The molecule has 5 rings (SSSR count). The SMILES string of the molecule is Cc1ncnc2c1ccn2[C@@H]1C[C@H](CN(CCCN(CCc2ccccc2)C(=O)OC(C)(C)C)C(=O)OC(C)(C)C)[C@H]2OC(C)(C)O[C@H]21. The van der Waals surface area contributed by atoms with Crippen LogP contribution in [0.3, 0.4) is 0 Å². The van der Waals surface area contributed by atoms with E-state index in [9.17, 15) is 9.59 Å². The number of carbonyl (C=O) groups excluding carboxylic acids is 2. The summed E-state index contributed by atoms with van der Waals surface area (Å²) in [5, 5.41) is 1.01. The van der Waals surface area contributed by atoms with Gasteiger partial charge in [-0.05, 0) is 93.2 Å². The van der Waals surface area contributed by atoms with E-state index in [0.717, 1.165) is 28.7 Å². The van der Waals surface area contributed by atoms with Crippen molar-refractivity contribution in [1.29, 1.82) is 0 Å². The molecule has 3 aromatic rings. The molecule has 262 valence electrons. The van der Waals surface area contributed by atoms with Gasteiger partial charge in [0.25, 0.3) is 0 Å². The quantitative estimate of drug-likeness (QED) is 0.230. The first-order chi connectivity index (χ1) is 22.5. The summed E-state index contributed by atoms with van der Waals surface area (Å²) in [6, 6.07) is 12.1. The van der Waals surface area contributed by atoms with Crippen LogP contribution in [0, 0.1) is 12.8 Å². The highest BCUT2D eigenvalue weighted by atomic mass is 16.8. The van der Waals surface area contributed by atoms with E-state index in [1.165, 1.54) is 0 Å². The Labute approximate surface area is 284 Å². The molecule has 0 unspecified atom stereocenters. The van der Waals surface area contributed by atoms with Gasteiger partial charge >= 0.3 is 12.2 Å². The lowest BCUT2D eigenvalue weighted by Crippen LogP contribution is -2.44. The van der Waals surface area contributed by atoms with Crippen LogP contribution in [0.4, 0.5) is 9.59 Å². The number of benzene rings is 1. The van der Waals surface area contributed by atoms with Crippen LogP contribution in [0.2, 0.25) is 0 Å². The molecule has 1 aliphatic carbocycles. The zero-order chi connectivity index (χ0) is 34.9. The maximum atomic E-state index is 13.7. The smallest absolute Gasteiger partial charge is 0.410 e. The van der Waals surface area contributed by atoms with Crippen LogP contribution in [0.15, 0.2) is 48.9 Å². The molecule has 2 aliphatic rings. The lowest BCUT2D eigenvalue weighted by Gasteiger charge is -2.32. The minimum absolute atomic E-state index is 0.0188. The number of nitrogens with zero attached hydrogens (tertiary/aromatic N) is 5. The number of hydrogen-bond donors (Lipinski definition) is 0. The Morgan fingerprint density at radius 2 is 1.52 bits per heavy atom. The van der Waals surface area contributed by atoms with E-state index in [0.29, 0.717) is 39.0 Å². The van der Waals surface area contributed by atoms with Gasteiger partial charge in [-0.1, -0.05) is 30.3 Å². The second kappa shape index (κ2) is 14.0. The van der Waals surface area contributed by atoms with E-state index in [4.69, 9.17) is 18.9 Å². The van der Waals surface area contributed by atoms with E-state index in [1.807, 2.05) is 80.5 Å². The Balaban J connectivity index is 1.33. The lowest BCUT2D eigenvalue weighted by atomic mass is 10.0. The molecule has 48 heavy (non-hydrogen) atoms. The standard InChI is InChI=1S/C37H53N5O6/c1-25-28-17-21-42(32(28)39-24-38-25)29-22-27(30-31(29)46-37(8,9)45-30)23-41(34(44)48-36(5,6)7)19-13-18-40(33(43)47-35(2,3)4)20-16-26-14-11-10-12-15-26/h10-12,14-15,17,21,24,27,29-31H,13,16,18-20,22-23H2,1-9H3/t27-,29-,30-,31+/m1/s1. The van der Waals surface area contributed by atoms with Gasteiger partial charge in [0.2, 0.25) is 0 Å². The molecule has 2 fully saturated rings. The van der Waals surface area contributed by atoms with Crippen LogP contribution in [0.25, 0.3) is 11.0 Å². The third kappa shape index (κ3) is 8.85. The van der Waals surface area contributed by atoms with Crippen molar-refractivity contribution < 1.29 is 28.5 Å². The van der Waals surface area contributed by atoms with Gasteiger partial charge in [-0.3, -0.25) is 0 Å². The fourth-order valence-corrected chi connectivity index (χ4v) is 6.72. The summed E-state index contributed by atoms with van der Waals surface area (Å²) in [6.45, 7) is 18.8. The molecule has 1 saturated heterocycles. The van der Waals surface area contributed by atoms with E-state index in [2.05, 4.69) is 38.9 Å². The van der Waals surface area contributed by atoms with Crippen LogP contribution in [0.5, 0.6) is 0 Å². The van der Waals surface area contributed by atoms with Crippen LogP contribution < -0.4 is 0 Å². The van der Waals surface area contributed by atoms with E-state index < -0.39 is 17.0 Å². The minimum atomic E-state index is -0.760. The number of aromatic nitrogens is 3. The van der Waals surface area contributed by atoms with Crippen molar-refractivity contribution in [1.82, 2.24) is 24.3 Å². The highest BCUT2D eigenvalue weighted by molar-refractivity contribution is 5.78. The molecule has 0 spiro atoms. The van der Waals surface area contributed by atoms with Crippen molar-refractivity contribution in [2.24, 2.45) is 5.92 Å². The summed E-state index contributed by atoms with van der Waals surface area (Å²) in [4.78, 5) is 39.4. The molecule has 1 saturated carbocycles. The van der Waals surface area contributed by atoms with Gasteiger partial charge in [0, 0.05) is 43.7 Å². The van der Waals surface area contributed by atoms with Crippen molar-refractivity contribution in [2.45, 2.75) is 117 Å². The van der Waals surface area contributed by atoms with Gasteiger partial charge < -0.3 is 33.3 Å². The Bertz CT molecular complexity index is 1560. The number of amides is 2. The number of carbonyl (C=O) groups is 2. The first-order valence-electron chi connectivity index (χ1n) is 17.1. The molecule has 0 radical (unpaired) electrons. The molecular formula is C37H53N5O6. The summed E-state index contributed by atoms with van der Waals surface area (Å²) >= 11 is 0. The largest absolute Gasteiger partial charge is 0.444 e. The Kier molecular flexibility index (Phi) is 10.4. The molecule has 0 N–H and O–H groups in total. The first-order valence-corrected chi connectivity index (χ1v) is 17.1.